The van der Waals surface area contributed by atoms with E-state index in [0.29, 0.717) is 12.4 Å². The molecule has 0 saturated carbocycles. The number of rotatable bonds is 4. The van der Waals surface area contributed by atoms with Gasteiger partial charge in [-0.15, -0.1) is 10.2 Å². The summed E-state index contributed by atoms with van der Waals surface area (Å²) in [5, 5.41) is 21.4. The molecule has 25 heavy (non-hydrogen) atoms. The molecule has 0 spiro atoms. The first kappa shape index (κ1) is 17.0. The summed E-state index contributed by atoms with van der Waals surface area (Å²) < 4.78 is 5.33. The van der Waals surface area contributed by atoms with Crippen LogP contribution in [0.2, 0.25) is 0 Å². The zero-order chi connectivity index (χ0) is 18.0. The second kappa shape index (κ2) is 6.98. The largest absolute Gasteiger partial charge is 0.479 e. The third-order valence-corrected chi connectivity index (χ3v) is 4.01. The summed E-state index contributed by atoms with van der Waals surface area (Å²) in [7, 11) is 0. The van der Waals surface area contributed by atoms with Gasteiger partial charge in [0.25, 0.3) is 0 Å². The van der Waals surface area contributed by atoms with E-state index < -0.39 is 18.1 Å². The lowest BCUT2D eigenvalue weighted by molar-refractivity contribution is -0.167. The van der Waals surface area contributed by atoms with Gasteiger partial charge in [0.2, 0.25) is 11.7 Å². The predicted octanol–water partition coefficient (Wildman–Crippen LogP) is 0.602. The number of amides is 1. The second-order valence-electron chi connectivity index (χ2n) is 5.99. The maximum Gasteiger partial charge on any atom is 0.334 e. The number of aliphatic carboxylic acids is 1. The first-order valence-electron chi connectivity index (χ1n) is 7.97. The molecule has 3 rings (SSSR count). The molecule has 1 saturated heterocycles. The molecular weight excluding hydrogens is 326 g/mol. The molecule has 2 heterocycles. The first-order chi connectivity index (χ1) is 12.0. The normalized spacial score (nSPS) is 21.8. The summed E-state index contributed by atoms with van der Waals surface area (Å²) in [6, 6.07) is 8.64. The molecule has 2 unspecified atom stereocenters. The van der Waals surface area contributed by atoms with Crippen LogP contribution >= 0.6 is 0 Å². The minimum atomic E-state index is -1.08. The maximum atomic E-state index is 12.7. The number of hydrogen-bond donors (Lipinski definition) is 1. The van der Waals surface area contributed by atoms with E-state index in [1.54, 1.807) is 13.8 Å². The molecule has 1 N–H and O–H groups in total. The fourth-order valence-corrected chi connectivity index (χ4v) is 2.72. The molecule has 9 heteroatoms. The lowest BCUT2D eigenvalue weighted by Gasteiger charge is -2.35. The van der Waals surface area contributed by atoms with Crippen LogP contribution < -0.4 is 0 Å². The van der Waals surface area contributed by atoms with Gasteiger partial charge < -0.3 is 14.7 Å². The van der Waals surface area contributed by atoms with Crippen LogP contribution in [0.25, 0.3) is 11.4 Å². The van der Waals surface area contributed by atoms with Crippen LogP contribution in [-0.4, -0.2) is 67.4 Å². The van der Waals surface area contributed by atoms with Crippen molar-refractivity contribution in [3.05, 3.63) is 30.3 Å². The number of aromatic nitrogens is 4. The minimum absolute atomic E-state index is 0.00306. The molecule has 1 aromatic heterocycles. The number of carbonyl (C=O) groups excluding carboxylic acids is 1. The number of hydrogen-bond acceptors (Lipinski definition) is 6. The Morgan fingerprint density at radius 1 is 1.28 bits per heavy atom. The van der Waals surface area contributed by atoms with Crippen LogP contribution in [0.4, 0.5) is 0 Å². The average molecular weight is 345 g/mol. The van der Waals surface area contributed by atoms with Gasteiger partial charge >= 0.3 is 5.97 Å². The lowest BCUT2D eigenvalue weighted by Crippen LogP contribution is -2.53. The molecule has 9 nitrogen and oxygen atoms in total. The third-order valence-electron chi connectivity index (χ3n) is 4.01. The van der Waals surface area contributed by atoms with E-state index in [1.165, 1.54) is 9.70 Å². The summed E-state index contributed by atoms with van der Waals surface area (Å²) in [5.41, 5.74) is 0.805. The Bertz CT molecular complexity index is 763. The second-order valence-corrected chi connectivity index (χ2v) is 5.99. The molecule has 132 valence electrons. The molecular formula is C16H19N5O4. The highest BCUT2D eigenvalue weighted by Crippen LogP contribution is 2.18. The van der Waals surface area contributed by atoms with Crippen LogP contribution in [0.1, 0.15) is 19.9 Å². The van der Waals surface area contributed by atoms with Crippen molar-refractivity contribution >= 4 is 11.9 Å². The molecule has 1 amide bonds. The van der Waals surface area contributed by atoms with E-state index in [9.17, 15) is 9.59 Å². The number of nitrogens with zero attached hydrogens (tertiary/aromatic N) is 5. The number of ether oxygens (including phenoxy) is 1. The van der Waals surface area contributed by atoms with Crippen molar-refractivity contribution in [1.29, 1.82) is 0 Å². The van der Waals surface area contributed by atoms with E-state index in [2.05, 4.69) is 15.4 Å². The molecule has 0 radical (unpaired) electrons. The van der Waals surface area contributed by atoms with Crippen LogP contribution in [0.3, 0.4) is 0 Å². The summed E-state index contributed by atoms with van der Waals surface area (Å²) in [6.45, 7) is 3.73. The Hall–Kier alpha value is -2.81. The predicted molar refractivity (Wildman–Crippen MR) is 86.5 cm³/mol. The molecule has 2 aromatic rings. The van der Waals surface area contributed by atoms with Gasteiger partial charge in [0.15, 0.2) is 6.10 Å². The number of carboxylic acid groups (broad SMARTS) is 1. The van der Waals surface area contributed by atoms with Crippen molar-refractivity contribution < 1.29 is 19.4 Å². The third kappa shape index (κ3) is 3.66. The summed E-state index contributed by atoms with van der Waals surface area (Å²) in [5.74, 6) is -0.917. The highest BCUT2D eigenvalue weighted by molar-refractivity contribution is 5.81. The van der Waals surface area contributed by atoms with E-state index in [1.807, 2.05) is 30.3 Å². The molecule has 1 aromatic carbocycles. The molecule has 0 aliphatic carbocycles. The van der Waals surface area contributed by atoms with Crippen molar-refractivity contribution in [2.24, 2.45) is 0 Å². The molecule has 3 atom stereocenters. The summed E-state index contributed by atoms with van der Waals surface area (Å²) in [4.78, 5) is 26.6. The quantitative estimate of drug-likeness (QED) is 0.864. The molecule has 1 fully saturated rings. The molecule has 0 bridgehead atoms. The number of carboxylic acids is 1. The number of tetrazole rings is 1. The monoisotopic (exact) mass is 345 g/mol. The van der Waals surface area contributed by atoms with Gasteiger partial charge in [-0.1, -0.05) is 30.3 Å². The Morgan fingerprint density at radius 3 is 2.68 bits per heavy atom. The van der Waals surface area contributed by atoms with Gasteiger partial charge in [0.05, 0.1) is 12.6 Å². The van der Waals surface area contributed by atoms with Crippen molar-refractivity contribution in [1.82, 2.24) is 25.1 Å². The van der Waals surface area contributed by atoms with Crippen LogP contribution in [0.5, 0.6) is 0 Å². The smallest absolute Gasteiger partial charge is 0.334 e. The summed E-state index contributed by atoms with van der Waals surface area (Å²) in [6.07, 6.45) is -1.38. The van der Waals surface area contributed by atoms with Gasteiger partial charge in [-0.2, -0.15) is 4.80 Å². The zero-order valence-corrected chi connectivity index (χ0v) is 13.9. The van der Waals surface area contributed by atoms with Gasteiger partial charge in [0.1, 0.15) is 6.04 Å². The molecule has 1 aliphatic rings. The van der Waals surface area contributed by atoms with Gasteiger partial charge in [-0.3, -0.25) is 4.79 Å². The summed E-state index contributed by atoms with van der Waals surface area (Å²) >= 11 is 0. The maximum absolute atomic E-state index is 12.7. The fraction of sp³-hybridized carbons (Fsp3) is 0.438. The van der Waals surface area contributed by atoms with Gasteiger partial charge in [0, 0.05) is 12.1 Å². The Balaban J connectivity index is 1.74. The van der Waals surface area contributed by atoms with Crippen LogP contribution in [0, 0.1) is 0 Å². The van der Waals surface area contributed by atoms with Crippen molar-refractivity contribution in [2.75, 3.05) is 13.1 Å². The van der Waals surface area contributed by atoms with Gasteiger partial charge in [-0.25, -0.2) is 4.79 Å². The standard InChI is InChI=1S/C16H19N5O4/c1-10-8-20(9-13(25-10)16(23)24)15(22)11(2)21-18-14(17-19-21)12-6-4-3-5-7-12/h3-7,10-11,13H,8-9H2,1-2H3,(H,23,24)/t10-,11?,13?/m1/s1. The van der Waals surface area contributed by atoms with Crippen LogP contribution in [0.15, 0.2) is 30.3 Å². The molecule has 1 aliphatic heterocycles. The zero-order valence-electron chi connectivity index (χ0n) is 13.9. The van der Waals surface area contributed by atoms with Crippen molar-refractivity contribution in [3.63, 3.8) is 0 Å². The van der Waals surface area contributed by atoms with E-state index in [4.69, 9.17) is 9.84 Å². The number of benzene rings is 1. The SMILES string of the molecule is CC(C(=O)N1CC(C(=O)O)O[C@H](C)C1)n1nnc(-c2ccccc2)n1. The van der Waals surface area contributed by atoms with Gasteiger partial charge in [-0.05, 0) is 19.1 Å². The first-order valence-corrected chi connectivity index (χ1v) is 7.97. The number of carbonyl (C=O) groups is 2. The minimum Gasteiger partial charge on any atom is -0.479 e. The Morgan fingerprint density at radius 2 is 2.00 bits per heavy atom. The number of morpholine rings is 1. The Kier molecular flexibility index (Phi) is 4.75. The Labute approximate surface area is 144 Å². The van der Waals surface area contributed by atoms with E-state index in [0.717, 1.165) is 5.56 Å². The van der Waals surface area contributed by atoms with E-state index >= 15 is 0 Å². The highest BCUT2D eigenvalue weighted by atomic mass is 16.5. The lowest BCUT2D eigenvalue weighted by atomic mass is 10.2. The van der Waals surface area contributed by atoms with Crippen molar-refractivity contribution in [3.8, 4) is 11.4 Å². The van der Waals surface area contributed by atoms with Crippen LogP contribution in [-0.2, 0) is 14.3 Å². The van der Waals surface area contributed by atoms with Crippen molar-refractivity contribution in [2.45, 2.75) is 32.1 Å². The highest BCUT2D eigenvalue weighted by Gasteiger charge is 2.35. The fourth-order valence-electron chi connectivity index (χ4n) is 2.72. The topological polar surface area (TPSA) is 110 Å². The van der Waals surface area contributed by atoms with E-state index in [-0.39, 0.29) is 18.6 Å². The average Bonchev–Trinajstić information content (AvgIpc) is 3.10.